The topological polar surface area (TPSA) is 161 Å². The van der Waals surface area contributed by atoms with Gasteiger partial charge in [0.1, 0.15) is 22.8 Å². The number of phenolic OH excluding ortho intramolecular Hbond substituents is 1. The van der Waals surface area contributed by atoms with Gasteiger partial charge in [0.15, 0.2) is 11.4 Å². The number of nitrogens with zero attached hydrogens (tertiary/aromatic N) is 1. The Morgan fingerprint density at radius 1 is 1.23 bits per heavy atom. The third kappa shape index (κ3) is 3.44. The molecule has 3 aliphatic rings. The standard InChI is InChI=1S/C26H28N2O7/c1-4-5-6-7-12-8-9-16(29)18-14(12)10-13-11-15-20(28(2)3)22(31)19(25(27)34)24(33)26(15,35)23(32)17(13)21(18)30/h8-9,13,15,20,29-30,33,35H,4-5,10-11H2,1-3H3,(H2,27,34)/t13-,15-,20-,26-/m0/s1. The highest BCUT2D eigenvalue weighted by Crippen LogP contribution is 2.52. The van der Waals surface area contributed by atoms with E-state index in [1.165, 1.54) is 11.0 Å². The molecule has 184 valence electrons. The number of amides is 1. The predicted molar refractivity (Wildman–Crippen MR) is 126 cm³/mol. The summed E-state index contributed by atoms with van der Waals surface area (Å²) in [6, 6.07) is 1.91. The molecule has 3 aliphatic carbocycles. The van der Waals surface area contributed by atoms with Crippen LogP contribution < -0.4 is 5.73 Å². The molecule has 35 heavy (non-hydrogen) atoms. The highest BCUT2D eigenvalue weighted by molar-refractivity contribution is 6.24. The number of primary amides is 1. The van der Waals surface area contributed by atoms with E-state index in [0.717, 1.165) is 6.42 Å². The Morgan fingerprint density at radius 2 is 1.91 bits per heavy atom. The minimum absolute atomic E-state index is 0.0449. The maximum absolute atomic E-state index is 13.7. The number of aliphatic hydroxyl groups is 3. The van der Waals surface area contributed by atoms with Gasteiger partial charge in [0, 0.05) is 23.5 Å². The molecule has 0 spiro atoms. The van der Waals surface area contributed by atoms with Crippen LogP contribution in [0, 0.1) is 23.7 Å². The molecule has 1 amide bonds. The lowest BCUT2D eigenvalue weighted by molar-refractivity contribution is -0.153. The van der Waals surface area contributed by atoms with Crippen LogP contribution in [0.1, 0.15) is 42.9 Å². The van der Waals surface area contributed by atoms with Gasteiger partial charge in [-0.3, -0.25) is 19.3 Å². The first-order valence-corrected chi connectivity index (χ1v) is 11.4. The zero-order chi connectivity index (χ0) is 25.8. The minimum atomic E-state index is -2.64. The average Bonchev–Trinajstić information content (AvgIpc) is 2.77. The van der Waals surface area contributed by atoms with Gasteiger partial charge in [-0.1, -0.05) is 18.8 Å². The maximum Gasteiger partial charge on any atom is 0.255 e. The van der Waals surface area contributed by atoms with Crippen molar-refractivity contribution in [2.45, 2.75) is 44.2 Å². The van der Waals surface area contributed by atoms with Crippen molar-refractivity contribution < 1.29 is 34.8 Å². The molecular weight excluding hydrogens is 452 g/mol. The zero-order valence-corrected chi connectivity index (χ0v) is 19.8. The number of Topliss-reactive ketones (excluding diaryl/α,β-unsaturated/α-hetero) is 2. The van der Waals surface area contributed by atoms with Gasteiger partial charge >= 0.3 is 0 Å². The van der Waals surface area contributed by atoms with E-state index in [2.05, 4.69) is 11.8 Å². The summed E-state index contributed by atoms with van der Waals surface area (Å²) in [6.07, 6.45) is 1.80. The SMILES string of the molecule is CCCC#Cc1ccc(O)c2c1C[C@H]1C[C@H]3[C@H](N(C)C)C(=O)C(C(N)=O)=C(O)[C@@]3(O)C(=O)C1=C2O. The molecule has 0 saturated heterocycles. The van der Waals surface area contributed by atoms with Crippen LogP contribution in [-0.2, 0) is 20.8 Å². The number of hydrogen-bond donors (Lipinski definition) is 5. The molecule has 1 aromatic carbocycles. The van der Waals surface area contributed by atoms with Crippen molar-refractivity contribution >= 4 is 23.2 Å². The maximum atomic E-state index is 13.7. The van der Waals surface area contributed by atoms with Crippen molar-refractivity contribution in [3.63, 3.8) is 0 Å². The molecule has 0 radical (unpaired) electrons. The van der Waals surface area contributed by atoms with Crippen LogP contribution in [0.2, 0.25) is 0 Å². The summed E-state index contributed by atoms with van der Waals surface area (Å²) in [4.78, 5) is 40.3. The largest absolute Gasteiger partial charge is 0.508 e. The van der Waals surface area contributed by atoms with E-state index in [4.69, 9.17) is 5.73 Å². The summed E-state index contributed by atoms with van der Waals surface area (Å²) in [5.41, 5.74) is 2.89. The summed E-state index contributed by atoms with van der Waals surface area (Å²) in [6.45, 7) is 2.00. The summed E-state index contributed by atoms with van der Waals surface area (Å²) in [5.74, 6) is -0.556. The Bertz CT molecular complexity index is 1280. The molecule has 9 nitrogen and oxygen atoms in total. The van der Waals surface area contributed by atoms with Gasteiger partial charge in [0.25, 0.3) is 5.91 Å². The second-order valence-electron chi connectivity index (χ2n) is 9.50. The number of likely N-dealkylation sites (N-methyl/N-ethyl adjacent to an activating group) is 1. The van der Waals surface area contributed by atoms with Crippen molar-refractivity contribution in [1.82, 2.24) is 4.90 Å². The van der Waals surface area contributed by atoms with Gasteiger partial charge in [-0.25, -0.2) is 0 Å². The number of aromatic hydroxyl groups is 1. The molecule has 1 saturated carbocycles. The number of aliphatic hydroxyl groups excluding tert-OH is 2. The van der Waals surface area contributed by atoms with E-state index < -0.39 is 58.0 Å². The van der Waals surface area contributed by atoms with Crippen molar-refractivity contribution in [2.24, 2.45) is 17.6 Å². The molecule has 1 fully saturated rings. The number of hydrogen-bond acceptors (Lipinski definition) is 8. The van der Waals surface area contributed by atoms with Crippen molar-refractivity contribution in [3.05, 3.63) is 45.7 Å². The van der Waals surface area contributed by atoms with Gasteiger partial charge in [0.05, 0.1) is 11.6 Å². The van der Waals surface area contributed by atoms with E-state index in [9.17, 15) is 34.8 Å². The number of phenols is 1. The summed E-state index contributed by atoms with van der Waals surface area (Å²) in [7, 11) is 3.12. The predicted octanol–water partition coefficient (Wildman–Crippen LogP) is 1.12. The van der Waals surface area contributed by atoms with Crippen LogP contribution in [0.4, 0.5) is 0 Å². The second kappa shape index (κ2) is 8.56. The Hall–Kier alpha value is -3.61. The Morgan fingerprint density at radius 3 is 2.51 bits per heavy atom. The van der Waals surface area contributed by atoms with E-state index in [1.54, 1.807) is 20.2 Å². The van der Waals surface area contributed by atoms with Gasteiger partial charge in [-0.2, -0.15) is 0 Å². The lowest BCUT2D eigenvalue weighted by Crippen LogP contribution is -2.65. The van der Waals surface area contributed by atoms with Gasteiger partial charge in [0.2, 0.25) is 5.78 Å². The molecule has 0 aliphatic heterocycles. The lowest BCUT2D eigenvalue weighted by Gasteiger charge is -2.50. The first-order valence-electron chi connectivity index (χ1n) is 11.4. The normalized spacial score (nSPS) is 27.7. The number of ketones is 2. The molecular formula is C26H28N2O7. The van der Waals surface area contributed by atoms with Crippen molar-refractivity contribution in [1.29, 1.82) is 0 Å². The fourth-order valence-electron chi connectivity index (χ4n) is 5.64. The Balaban J connectivity index is 1.95. The molecule has 1 aromatic rings. The summed E-state index contributed by atoms with van der Waals surface area (Å²) >= 11 is 0. The number of rotatable bonds is 3. The lowest BCUT2D eigenvalue weighted by atomic mass is 9.57. The summed E-state index contributed by atoms with van der Waals surface area (Å²) < 4.78 is 0. The summed E-state index contributed by atoms with van der Waals surface area (Å²) in [5, 5.41) is 44.1. The fraction of sp³-hybridized carbons (Fsp3) is 0.423. The van der Waals surface area contributed by atoms with E-state index in [0.29, 0.717) is 17.5 Å². The highest BCUT2D eigenvalue weighted by atomic mass is 16.3. The minimum Gasteiger partial charge on any atom is -0.508 e. The van der Waals surface area contributed by atoms with E-state index >= 15 is 0 Å². The highest BCUT2D eigenvalue weighted by Gasteiger charge is 2.64. The van der Waals surface area contributed by atoms with Crippen molar-refractivity contribution in [3.8, 4) is 17.6 Å². The molecule has 0 unspecified atom stereocenters. The van der Waals surface area contributed by atoms with E-state index in [-0.39, 0.29) is 29.7 Å². The van der Waals surface area contributed by atoms with Crippen LogP contribution >= 0.6 is 0 Å². The third-order valence-corrected chi connectivity index (χ3v) is 7.20. The number of benzene rings is 1. The second-order valence-corrected chi connectivity index (χ2v) is 9.50. The zero-order valence-electron chi connectivity index (χ0n) is 19.8. The Labute approximate surface area is 202 Å². The van der Waals surface area contributed by atoms with Crippen LogP contribution in [0.25, 0.3) is 5.76 Å². The molecule has 0 heterocycles. The molecule has 0 aromatic heterocycles. The van der Waals surface area contributed by atoms with Crippen LogP contribution in [0.3, 0.4) is 0 Å². The van der Waals surface area contributed by atoms with Crippen LogP contribution in [0.15, 0.2) is 29.0 Å². The first kappa shape index (κ1) is 24.5. The molecule has 4 atom stereocenters. The van der Waals surface area contributed by atoms with Gasteiger partial charge in [-0.15, -0.1) is 0 Å². The molecule has 9 heteroatoms. The van der Waals surface area contributed by atoms with E-state index in [1.807, 2.05) is 6.92 Å². The number of fused-ring (bicyclic) bond motifs is 3. The van der Waals surface area contributed by atoms with Gasteiger partial charge < -0.3 is 26.2 Å². The molecule has 6 N–H and O–H groups in total. The number of carbonyl (C=O) groups excluding carboxylic acids is 3. The van der Waals surface area contributed by atoms with Crippen LogP contribution in [0.5, 0.6) is 5.75 Å². The number of carbonyl (C=O) groups is 3. The van der Waals surface area contributed by atoms with Crippen LogP contribution in [-0.4, -0.2) is 68.5 Å². The quantitative estimate of drug-likeness (QED) is 0.318. The van der Waals surface area contributed by atoms with Gasteiger partial charge in [-0.05, 0) is 57.0 Å². The average molecular weight is 481 g/mol. The number of unbranched alkanes of at least 4 members (excludes halogenated alkanes) is 1. The smallest absolute Gasteiger partial charge is 0.255 e. The first-order chi connectivity index (χ1) is 16.5. The molecule has 0 bridgehead atoms. The monoisotopic (exact) mass is 480 g/mol. The number of nitrogens with two attached hydrogens (primary N) is 1. The third-order valence-electron chi connectivity index (χ3n) is 7.20. The fourth-order valence-corrected chi connectivity index (χ4v) is 5.64. The Kier molecular flexibility index (Phi) is 5.99. The van der Waals surface area contributed by atoms with Crippen molar-refractivity contribution in [2.75, 3.05) is 14.1 Å². The molecule has 4 rings (SSSR count).